The Kier molecular flexibility index (Phi) is 7.26. The van der Waals surface area contributed by atoms with Crippen molar-refractivity contribution in [3.8, 4) is 62.7 Å². The predicted octanol–water partition coefficient (Wildman–Crippen LogP) is 5.45. The molecule has 5 aromatic rings. The molecule has 13 heteroatoms. The van der Waals surface area contributed by atoms with Crippen LogP contribution in [0.4, 0.5) is 13.2 Å². The third-order valence-corrected chi connectivity index (χ3v) is 6.27. The quantitative estimate of drug-likeness (QED) is 0.245. The Bertz CT molecular complexity index is 1710. The third kappa shape index (κ3) is 5.38. The summed E-state index contributed by atoms with van der Waals surface area (Å²) in [5.74, 6) is 1.64. The highest BCUT2D eigenvalue weighted by molar-refractivity contribution is 5.77. The van der Waals surface area contributed by atoms with E-state index in [1.54, 1.807) is 55.7 Å². The third-order valence-electron chi connectivity index (χ3n) is 6.27. The lowest BCUT2D eigenvalue weighted by Crippen LogP contribution is -2.14. The van der Waals surface area contributed by atoms with Crippen molar-refractivity contribution < 1.29 is 32.1 Å². The highest BCUT2D eigenvalue weighted by Crippen LogP contribution is 2.40. The lowest BCUT2D eigenvalue weighted by Gasteiger charge is -2.13. The maximum atomic E-state index is 14.0. The molecule has 0 aliphatic rings. The predicted molar refractivity (Wildman–Crippen MR) is 143 cm³/mol. The van der Waals surface area contributed by atoms with E-state index in [4.69, 9.17) is 18.9 Å². The van der Waals surface area contributed by atoms with E-state index in [1.807, 2.05) is 0 Å². The van der Waals surface area contributed by atoms with Gasteiger partial charge in [0.2, 0.25) is 0 Å². The van der Waals surface area contributed by atoms with Gasteiger partial charge in [-0.2, -0.15) is 28.1 Å². The average Bonchev–Trinajstić information content (AvgIpc) is 3.62. The first kappa shape index (κ1) is 27.5. The maximum Gasteiger partial charge on any atom is 0.433 e. The van der Waals surface area contributed by atoms with Crippen LogP contribution in [0.2, 0.25) is 0 Å². The molecule has 0 aliphatic carbocycles. The van der Waals surface area contributed by atoms with Crippen molar-refractivity contribution in [1.82, 2.24) is 29.5 Å². The van der Waals surface area contributed by atoms with Gasteiger partial charge in [-0.05, 0) is 36.4 Å². The molecule has 0 saturated carbocycles. The van der Waals surface area contributed by atoms with Crippen LogP contribution < -0.4 is 18.9 Å². The summed E-state index contributed by atoms with van der Waals surface area (Å²) in [5.41, 5.74) is 1.13. The number of nitrogens with zero attached hydrogens (tertiary/aromatic N) is 6. The van der Waals surface area contributed by atoms with Crippen molar-refractivity contribution in [3.63, 3.8) is 0 Å². The van der Waals surface area contributed by atoms with Gasteiger partial charge in [-0.3, -0.25) is 4.68 Å². The normalized spacial score (nSPS) is 11.4. The van der Waals surface area contributed by atoms with Crippen LogP contribution >= 0.6 is 0 Å². The number of ether oxygens (including phenoxy) is 4. The number of rotatable bonds is 8. The van der Waals surface area contributed by atoms with Crippen LogP contribution in [0, 0.1) is 0 Å². The Hall–Kier alpha value is -5.07. The highest BCUT2D eigenvalue weighted by Gasteiger charge is 2.35. The second-order valence-corrected chi connectivity index (χ2v) is 8.80. The van der Waals surface area contributed by atoms with Crippen molar-refractivity contribution in [2.24, 2.45) is 7.05 Å². The van der Waals surface area contributed by atoms with Gasteiger partial charge < -0.3 is 18.9 Å². The summed E-state index contributed by atoms with van der Waals surface area (Å²) in [4.78, 5) is 8.35. The Morgan fingerprint density at radius 2 is 1.37 bits per heavy atom. The van der Waals surface area contributed by atoms with Crippen LogP contribution in [0.15, 0.2) is 60.9 Å². The molecule has 0 radical (unpaired) electrons. The van der Waals surface area contributed by atoms with E-state index in [-0.39, 0.29) is 11.6 Å². The topological polar surface area (TPSA) is 98.3 Å². The number of aromatic nitrogens is 6. The molecule has 0 amide bonds. The summed E-state index contributed by atoms with van der Waals surface area (Å²) < 4.78 is 66.6. The van der Waals surface area contributed by atoms with Gasteiger partial charge in [0, 0.05) is 42.1 Å². The van der Waals surface area contributed by atoms with Crippen LogP contribution in [0.25, 0.3) is 39.7 Å². The van der Waals surface area contributed by atoms with Gasteiger partial charge in [0.15, 0.2) is 5.69 Å². The summed E-state index contributed by atoms with van der Waals surface area (Å²) in [6, 6.07) is 12.8. The molecule has 0 bridgehead atoms. The Balaban J connectivity index is 1.80. The highest BCUT2D eigenvalue weighted by atomic mass is 19.4. The molecule has 0 saturated heterocycles. The van der Waals surface area contributed by atoms with Crippen LogP contribution in [-0.4, -0.2) is 58.0 Å². The monoisotopic (exact) mass is 566 g/mol. The van der Waals surface area contributed by atoms with Gasteiger partial charge in [-0.25, -0.2) is 9.97 Å². The molecule has 5 rings (SSSR count). The molecule has 0 unspecified atom stereocenters. The molecule has 0 atom stereocenters. The number of alkyl halides is 3. The summed E-state index contributed by atoms with van der Waals surface area (Å²) in [6.45, 7) is 0. The van der Waals surface area contributed by atoms with Gasteiger partial charge >= 0.3 is 6.18 Å². The van der Waals surface area contributed by atoms with E-state index in [0.29, 0.717) is 51.1 Å². The van der Waals surface area contributed by atoms with Crippen LogP contribution in [0.5, 0.6) is 23.0 Å². The number of hydrogen-bond donors (Lipinski definition) is 0. The van der Waals surface area contributed by atoms with E-state index in [9.17, 15) is 13.2 Å². The largest absolute Gasteiger partial charge is 0.497 e. The van der Waals surface area contributed by atoms with E-state index in [0.717, 1.165) is 6.07 Å². The van der Waals surface area contributed by atoms with Crippen LogP contribution in [-0.2, 0) is 13.2 Å². The molecule has 41 heavy (non-hydrogen) atoms. The summed E-state index contributed by atoms with van der Waals surface area (Å²) >= 11 is 0. The van der Waals surface area contributed by atoms with Gasteiger partial charge in [-0.15, -0.1) is 0 Å². The number of hydrogen-bond acceptors (Lipinski definition) is 8. The van der Waals surface area contributed by atoms with E-state index in [2.05, 4.69) is 20.2 Å². The zero-order valence-electron chi connectivity index (χ0n) is 22.7. The number of halogens is 3. The first-order chi connectivity index (χ1) is 19.6. The Morgan fingerprint density at radius 1 is 0.732 bits per heavy atom. The SMILES string of the molecule is COc1ccc(-c2cc(-c3ccc(OC)cc3OC)n(-c3nc(-c4cnn(C)c4)cc(C(F)(F)F)n3)n2)c(OC)c1. The van der Waals surface area contributed by atoms with E-state index in [1.165, 1.54) is 44.0 Å². The van der Waals surface area contributed by atoms with Crippen molar-refractivity contribution in [2.45, 2.75) is 6.18 Å². The zero-order chi connectivity index (χ0) is 29.3. The van der Waals surface area contributed by atoms with Crippen LogP contribution in [0.1, 0.15) is 5.69 Å². The maximum absolute atomic E-state index is 14.0. The van der Waals surface area contributed by atoms with Gasteiger partial charge in [0.05, 0.1) is 51.7 Å². The molecule has 212 valence electrons. The Morgan fingerprint density at radius 3 is 1.93 bits per heavy atom. The summed E-state index contributed by atoms with van der Waals surface area (Å²) in [6.07, 6.45) is -1.76. The fraction of sp³-hybridized carbons (Fsp3) is 0.214. The van der Waals surface area contributed by atoms with Crippen molar-refractivity contribution >= 4 is 0 Å². The molecule has 0 spiro atoms. The van der Waals surface area contributed by atoms with Crippen molar-refractivity contribution in [2.75, 3.05) is 28.4 Å². The lowest BCUT2D eigenvalue weighted by atomic mass is 10.1. The van der Waals surface area contributed by atoms with E-state index >= 15 is 0 Å². The molecular weight excluding hydrogens is 541 g/mol. The Labute approximate surface area is 232 Å². The first-order valence-corrected chi connectivity index (χ1v) is 12.2. The fourth-order valence-corrected chi connectivity index (χ4v) is 4.25. The van der Waals surface area contributed by atoms with Crippen molar-refractivity contribution in [1.29, 1.82) is 0 Å². The zero-order valence-corrected chi connectivity index (χ0v) is 22.7. The number of methoxy groups -OCH3 is 4. The number of benzene rings is 2. The van der Waals surface area contributed by atoms with Crippen LogP contribution in [0.3, 0.4) is 0 Å². The smallest absolute Gasteiger partial charge is 0.433 e. The van der Waals surface area contributed by atoms with Gasteiger partial charge in [-0.1, -0.05) is 0 Å². The van der Waals surface area contributed by atoms with Gasteiger partial charge in [0.1, 0.15) is 23.0 Å². The average molecular weight is 567 g/mol. The molecule has 2 aromatic carbocycles. The number of aryl methyl sites for hydroxylation is 1. The lowest BCUT2D eigenvalue weighted by molar-refractivity contribution is -0.141. The second-order valence-electron chi connectivity index (χ2n) is 8.80. The minimum atomic E-state index is -4.75. The second kappa shape index (κ2) is 10.8. The van der Waals surface area contributed by atoms with E-state index < -0.39 is 11.9 Å². The fourth-order valence-electron chi connectivity index (χ4n) is 4.25. The standard InChI is InChI=1S/C28H25F3N6O4/c1-36-15-16(14-32-36)21-13-26(28(29,30)31)34-27(33-21)37-23(20-9-7-18(39-3)11-25(20)41-5)12-22(35-37)19-8-6-17(38-2)10-24(19)40-4/h6-15H,1-5H3. The minimum Gasteiger partial charge on any atom is -0.497 e. The molecule has 0 N–H and O–H groups in total. The molecule has 10 nitrogen and oxygen atoms in total. The molecular formula is C28H25F3N6O4. The van der Waals surface area contributed by atoms with Gasteiger partial charge in [0.25, 0.3) is 5.95 Å². The first-order valence-electron chi connectivity index (χ1n) is 12.2. The minimum absolute atomic E-state index is 0.0298. The molecule has 0 fully saturated rings. The molecule has 3 aromatic heterocycles. The summed E-state index contributed by atoms with van der Waals surface area (Å²) in [7, 11) is 7.68. The molecule has 3 heterocycles. The summed E-state index contributed by atoms with van der Waals surface area (Å²) in [5, 5.41) is 8.74. The van der Waals surface area contributed by atoms with Crippen molar-refractivity contribution in [3.05, 3.63) is 66.6 Å². The molecule has 0 aliphatic heterocycles.